The number of anilines is 1. The van der Waals surface area contributed by atoms with E-state index in [2.05, 4.69) is 11.4 Å². The van der Waals surface area contributed by atoms with Gasteiger partial charge in [-0.1, -0.05) is 30.3 Å². The number of carbonyl (C=O) groups excluding carboxylic acids is 2. The first-order chi connectivity index (χ1) is 13.1. The number of hydrogen-bond acceptors (Lipinski definition) is 6. The molecule has 0 saturated heterocycles. The Bertz CT molecular complexity index is 1040. The van der Waals surface area contributed by atoms with E-state index in [1.165, 1.54) is 23.1 Å². The average molecular weight is 396 g/mol. The molecule has 5 nitrogen and oxygen atoms in total. The first-order valence-electron chi connectivity index (χ1n) is 8.14. The Morgan fingerprint density at radius 2 is 1.93 bits per heavy atom. The number of nitriles is 1. The summed E-state index contributed by atoms with van der Waals surface area (Å²) in [5, 5.41) is 12.5. The molecule has 0 radical (unpaired) electrons. The van der Waals surface area contributed by atoms with E-state index in [9.17, 15) is 9.59 Å². The van der Waals surface area contributed by atoms with Gasteiger partial charge in [-0.2, -0.15) is 5.26 Å². The van der Waals surface area contributed by atoms with Crippen molar-refractivity contribution in [3.8, 4) is 6.07 Å². The number of nitrogens with one attached hydrogen (secondary N) is 1. The summed E-state index contributed by atoms with van der Waals surface area (Å²) in [6.07, 6.45) is 0. The van der Waals surface area contributed by atoms with Gasteiger partial charge < -0.3 is 10.1 Å². The van der Waals surface area contributed by atoms with E-state index in [1.54, 1.807) is 12.1 Å². The van der Waals surface area contributed by atoms with E-state index in [0.29, 0.717) is 10.6 Å². The van der Waals surface area contributed by atoms with Crippen molar-refractivity contribution in [2.75, 3.05) is 17.7 Å². The van der Waals surface area contributed by atoms with Crippen LogP contribution in [0.5, 0.6) is 0 Å². The maximum atomic E-state index is 12.4. The lowest BCUT2D eigenvalue weighted by molar-refractivity contribution is -0.119. The zero-order valence-electron chi connectivity index (χ0n) is 14.5. The Balaban J connectivity index is 1.63. The Labute approximate surface area is 165 Å². The molecule has 0 unspecified atom stereocenters. The van der Waals surface area contributed by atoms with Crippen LogP contribution in [-0.2, 0) is 9.53 Å². The number of para-hydroxylation sites is 1. The monoisotopic (exact) mass is 396 g/mol. The average Bonchev–Trinajstić information content (AvgIpc) is 3.02. The second kappa shape index (κ2) is 8.71. The largest absolute Gasteiger partial charge is 0.451 e. The SMILES string of the molecule is Cc1c(C(=O)OCC(=O)Nc2ccccc2SCC#N)sc2ccccc12. The van der Waals surface area contributed by atoms with Gasteiger partial charge in [-0.15, -0.1) is 23.1 Å². The molecule has 0 bridgehead atoms. The highest BCUT2D eigenvalue weighted by atomic mass is 32.2. The number of carbonyl (C=O) groups is 2. The fourth-order valence-electron chi connectivity index (χ4n) is 2.56. The maximum absolute atomic E-state index is 12.4. The molecule has 1 aromatic heterocycles. The molecule has 7 heteroatoms. The molecule has 0 fully saturated rings. The number of nitrogens with zero attached hydrogens (tertiary/aromatic N) is 1. The van der Waals surface area contributed by atoms with Crippen molar-refractivity contribution in [1.82, 2.24) is 0 Å². The third-order valence-electron chi connectivity index (χ3n) is 3.82. The lowest BCUT2D eigenvalue weighted by atomic mass is 10.1. The Kier molecular flexibility index (Phi) is 6.12. The lowest BCUT2D eigenvalue weighted by Gasteiger charge is -2.10. The molecule has 0 saturated carbocycles. The number of amides is 1. The molecule has 3 aromatic rings. The number of fused-ring (bicyclic) bond motifs is 1. The molecular weight excluding hydrogens is 380 g/mol. The number of thioether (sulfide) groups is 1. The van der Waals surface area contributed by atoms with Crippen LogP contribution in [0, 0.1) is 18.3 Å². The van der Waals surface area contributed by atoms with Crippen molar-refractivity contribution < 1.29 is 14.3 Å². The second-order valence-electron chi connectivity index (χ2n) is 5.62. The van der Waals surface area contributed by atoms with Crippen molar-refractivity contribution in [3.05, 3.63) is 59.0 Å². The fraction of sp³-hybridized carbons (Fsp3) is 0.150. The molecular formula is C20H16N2O3S2. The summed E-state index contributed by atoms with van der Waals surface area (Å²) in [6, 6.07) is 17.0. The Hall–Kier alpha value is -2.82. The van der Waals surface area contributed by atoms with Gasteiger partial charge in [-0.05, 0) is 36.1 Å². The van der Waals surface area contributed by atoms with Gasteiger partial charge in [0, 0.05) is 9.60 Å². The summed E-state index contributed by atoms with van der Waals surface area (Å²) in [4.78, 5) is 25.8. The zero-order chi connectivity index (χ0) is 19.2. The number of esters is 1. The van der Waals surface area contributed by atoms with Gasteiger partial charge in [-0.3, -0.25) is 4.79 Å². The zero-order valence-corrected chi connectivity index (χ0v) is 16.2. The smallest absolute Gasteiger partial charge is 0.349 e. The fourth-order valence-corrected chi connectivity index (χ4v) is 4.33. The van der Waals surface area contributed by atoms with Crippen LogP contribution in [0.1, 0.15) is 15.2 Å². The maximum Gasteiger partial charge on any atom is 0.349 e. The van der Waals surface area contributed by atoms with Gasteiger partial charge >= 0.3 is 5.97 Å². The molecule has 1 N–H and O–H groups in total. The second-order valence-corrected chi connectivity index (χ2v) is 7.69. The van der Waals surface area contributed by atoms with Gasteiger partial charge in [0.1, 0.15) is 4.88 Å². The molecule has 1 amide bonds. The van der Waals surface area contributed by atoms with E-state index < -0.39 is 11.9 Å². The molecule has 27 heavy (non-hydrogen) atoms. The van der Waals surface area contributed by atoms with Crippen LogP contribution in [0.3, 0.4) is 0 Å². The number of hydrogen-bond donors (Lipinski definition) is 1. The number of aryl methyl sites for hydroxylation is 1. The third-order valence-corrected chi connectivity index (χ3v) is 6.01. The topological polar surface area (TPSA) is 79.2 Å². The predicted octanol–water partition coefficient (Wildman–Crippen LogP) is 4.62. The van der Waals surface area contributed by atoms with Gasteiger partial charge in [0.2, 0.25) is 0 Å². The van der Waals surface area contributed by atoms with Crippen molar-refractivity contribution in [2.45, 2.75) is 11.8 Å². The van der Waals surface area contributed by atoms with Crippen LogP contribution in [0.15, 0.2) is 53.4 Å². The number of ether oxygens (including phenoxy) is 1. The number of thiophene rings is 1. The van der Waals surface area contributed by atoms with Gasteiger partial charge in [0.05, 0.1) is 17.5 Å². The first-order valence-corrected chi connectivity index (χ1v) is 9.94. The standard InChI is InChI=1S/C20H16N2O3S2/c1-13-14-6-2-4-8-16(14)27-19(13)20(24)25-12-18(23)22-15-7-3-5-9-17(15)26-11-10-21/h2-9H,11-12H2,1H3,(H,22,23). The van der Waals surface area contributed by atoms with Crippen molar-refractivity contribution in [2.24, 2.45) is 0 Å². The lowest BCUT2D eigenvalue weighted by Crippen LogP contribution is -2.21. The summed E-state index contributed by atoms with van der Waals surface area (Å²) in [5.41, 5.74) is 1.45. The van der Waals surface area contributed by atoms with E-state index >= 15 is 0 Å². The quantitative estimate of drug-likeness (QED) is 0.486. The van der Waals surface area contributed by atoms with Crippen LogP contribution >= 0.6 is 23.1 Å². The van der Waals surface area contributed by atoms with Crippen LogP contribution < -0.4 is 5.32 Å². The van der Waals surface area contributed by atoms with E-state index in [-0.39, 0.29) is 12.4 Å². The molecule has 0 aliphatic rings. The minimum absolute atomic E-state index is 0.285. The van der Waals surface area contributed by atoms with Crippen LogP contribution in [0.25, 0.3) is 10.1 Å². The van der Waals surface area contributed by atoms with Crippen LogP contribution in [-0.4, -0.2) is 24.2 Å². The van der Waals surface area contributed by atoms with Crippen molar-refractivity contribution in [3.63, 3.8) is 0 Å². The van der Waals surface area contributed by atoms with Gasteiger partial charge in [-0.25, -0.2) is 4.79 Å². The first kappa shape index (κ1) is 19.0. The summed E-state index contributed by atoms with van der Waals surface area (Å²) in [7, 11) is 0. The predicted molar refractivity (Wildman–Crippen MR) is 108 cm³/mol. The minimum Gasteiger partial charge on any atom is -0.451 e. The van der Waals surface area contributed by atoms with E-state index in [0.717, 1.165) is 20.5 Å². The van der Waals surface area contributed by atoms with E-state index in [1.807, 2.05) is 43.3 Å². The minimum atomic E-state index is -0.504. The van der Waals surface area contributed by atoms with Gasteiger partial charge in [0.15, 0.2) is 6.61 Å². The molecule has 1 heterocycles. The molecule has 2 aromatic carbocycles. The molecule has 0 aliphatic carbocycles. The normalized spacial score (nSPS) is 10.4. The highest BCUT2D eigenvalue weighted by molar-refractivity contribution is 7.99. The summed E-state index contributed by atoms with van der Waals surface area (Å²) in [5.74, 6) is -0.643. The Morgan fingerprint density at radius 1 is 1.19 bits per heavy atom. The highest BCUT2D eigenvalue weighted by Crippen LogP contribution is 2.31. The molecule has 0 aliphatic heterocycles. The number of rotatable bonds is 6. The van der Waals surface area contributed by atoms with Crippen molar-refractivity contribution in [1.29, 1.82) is 5.26 Å². The van der Waals surface area contributed by atoms with Crippen LogP contribution in [0.4, 0.5) is 5.69 Å². The van der Waals surface area contributed by atoms with Crippen molar-refractivity contribution >= 4 is 50.7 Å². The Morgan fingerprint density at radius 3 is 2.70 bits per heavy atom. The summed E-state index contributed by atoms with van der Waals surface area (Å²) < 4.78 is 6.20. The molecule has 3 rings (SSSR count). The molecule has 136 valence electrons. The van der Waals surface area contributed by atoms with Gasteiger partial charge in [0.25, 0.3) is 5.91 Å². The molecule has 0 atom stereocenters. The summed E-state index contributed by atoms with van der Waals surface area (Å²) in [6.45, 7) is 1.50. The third kappa shape index (κ3) is 4.48. The summed E-state index contributed by atoms with van der Waals surface area (Å²) >= 11 is 2.69. The molecule has 0 spiro atoms. The number of benzene rings is 2. The highest BCUT2D eigenvalue weighted by Gasteiger charge is 2.18. The van der Waals surface area contributed by atoms with Crippen LogP contribution in [0.2, 0.25) is 0 Å². The van der Waals surface area contributed by atoms with E-state index in [4.69, 9.17) is 10.00 Å².